The van der Waals surface area contributed by atoms with Crippen molar-refractivity contribution in [3.63, 3.8) is 0 Å². The van der Waals surface area contributed by atoms with E-state index in [4.69, 9.17) is 56.1 Å². The number of aliphatic hydroxyl groups excluding tert-OH is 8. The molecule has 4 aliphatic rings. The quantitative estimate of drug-likeness (QED) is 0.0700. The fourth-order valence-corrected chi connectivity index (χ4v) is 8.94. The molecule has 0 saturated carbocycles. The zero-order valence-electron chi connectivity index (χ0n) is 34.9. The Kier molecular flexibility index (Phi) is 15.7. The minimum absolute atomic E-state index is 0.0790. The fraction of sp³-hybridized carbons (Fsp3) is 1.00. The molecule has 57 heavy (non-hydrogen) atoms. The highest BCUT2D eigenvalue weighted by Gasteiger charge is 2.58. The van der Waals surface area contributed by atoms with Crippen LogP contribution in [-0.2, 0) is 33.2 Å². The lowest BCUT2D eigenvalue weighted by atomic mass is 9.70. The third-order valence-electron chi connectivity index (χ3n) is 13.9. The Morgan fingerprint density at radius 3 is 1.56 bits per heavy atom. The van der Waals surface area contributed by atoms with Crippen molar-refractivity contribution in [1.29, 1.82) is 0 Å². The van der Waals surface area contributed by atoms with Crippen molar-refractivity contribution in [2.24, 2.45) is 45.1 Å². The average Bonchev–Trinajstić information content (AvgIpc) is 3.16. The van der Waals surface area contributed by atoms with E-state index in [1.54, 1.807) is 55.4 Å². The lowest BCUT2D eigenvalue weighted by Crippen LogP contribution is -2.70. The van der Waals surface area contributed by atoms with Crippen LogP contribution < -0.4 is 22.9 Å². The highest BCUT2D eigenvalue weighted by atomic mass is 16.6. The standard InChI is InChI=1S/C38H74N4O15/c1-33(2)22(10-44)57-38(8,29(42)31(33)49)18-52-15-35(5)23(11-45)54-21(25(39)30(35)48)14-51-13-19-20(9-43)55-37(7,27(40)26(19)47)17-53-16-36(6)24(12-46)56-34(3,4)28(41)32(36)50/h19-32,43-50H,9-18,39-42H2,1-8H3. The smallest absolute Gasteiger partial charge is 0.107 e. The van der Waals surface area contributed by atoms with E-state index >= 15 is 0 Å². The summed E-state index contributed by atoms with van der Waals surface area (Å²) in [5, 5.41) is 85.6. The van der Waals surface area contributed by atoms with Gasteiger partial charge in [0.2, 0.25) is 0 Å². The molecule has 19 nitrogen and oxygen atoms in total. The number of hydrogen-bond acceptors (Lipinski definition) is 19. The van der Waals surface area contributed by atoms with Gasteiger partial charge in [-0.15, -0.1) is 0 Å². The predicted molar refractivity (Wildman–Crippen MR) is 204 cm³/mol. The first-order valence-electron chi connectivity index (χ1n) is 19.9. The van der Waals surface area contributed by atoms with E-state index in [2.05, 4.69) is 0 Å². The Morgan fingerprint density at radius 2 is 1.04 bits per heavy atom. The second kappa shape index (κ2) is 18.3. The summed E-state index contributed by atoms with van der Waals surface area (Å²) >= 11 is 0. The number of aliphatic hydroxyl groups is 8. The first-order chi connectivity index (χ1) is 26.3. The van der Waals surface area contributed by atoms with Crippen molar-refractivity contribution >= 4 is 0 Å². The van der Waals surface area contributed by atoms with Gasteiger partial charge in [-0.3, -0.25) is 0 Å². The van der Waals surface area contributed by atoms with Gasteiger partial charge in [-0.1, -0.05) is 27.7 Å². The molecule has 4 saturated heterocycles. The molecule has 16 N–H and O–H groups in total. The summed E-state index contributed by atoms with van der Waals surface area (Å²) in [4.78, 5) is 0. The maximum absolute atomic E-state index is 11.5. The maximum atomic E-state index is 11.5. The van der Waals surface area contributed by atoms with Gasteiger partial charge in [-0.05, 0) is 27.7 Å². The normalized spacial score (nSPS) is 48.8. The molecule has 4 aliphatic heterocycles. The predicted octanol–water partition coefficient (Wildman–Crippen LogP) is -4.33. The molecule has 0 bridgehead atoms. The van der Waals surface area contributed by atoms with Crippen LogP contribution >= 0.6 is 0 Å². The maximum Gasteiger partial charge on any atom is 0.107 e. The Balaban J connectivity index is 1.33. The molecule has 0 spiro atoms. The second-order valence-corrected chi connectivity index (χ2v) is 19.0. The van der Waals surface area contributed by atoms with Gasteiger partial charge in [0.05, 0.1) is 151 Å². The summed E-state index contributed by atoms with van der Waals surface area (Å²) in [7, 11) is 0. The van der Waals surface area contributed by atoms with Gasteiger partial charge in [-0.25, -0.2) is 0 Å². The largest absolute Gasteiger partial charge is 0.394 e. The molecule has 0 radical (unpaired) electrons. The van der Waals surface area contributed by atoms with Gasteiger partial charge in [0, 0.05) is 22.2 Å². The summed E-state index contributed by atoms with van der Waals surface area (Å²) in [6.45, 7) is 11.3. The Labute approximate surface area is 336 Å². The molecule has 336 valence electrons. The van der Waals surface area contributed by atoms with Gasteiger partial charge in [0.1, 0.15) is 11.2 Å². The number of nitrogens with two attached hydrogens (primary N) is 4. The van der Waals surface area contributed by atoms with E-state index in [-0.39, 0.29) is 52.9 Å². The molecule has 4 fully saturated rings. The topological polar surface area (TPSA) is 331 Å². The van der Waals surface area contributed by atoms with Crippen LogP contribution in [0.25, 0.3) is 0 Å². The van der Waals surface area contributed by atoms with Crippen LogP contribution in [0.1, 0.15) is 55.4 Å². The SMILES string of the molecule is CC1(C)OC(CO)C(C)(COCC2(C)OC(CO)C(COCC3OC(CO)C(C)(COCC4(C)OC(CO)C(C)(C)C(O)C4N)C(O)C3N)C(O)C2N)C(O)C1N. The highest BCUT2D eigenvalue weighted by Crippen LogP contribution is 2.43. The lowest BCUT2D eigenvalue weighted by Gasteiger charge is -2.54. The molecule has 0 aromatic carbocycles. The molecule has 0 aromatic rings. The molecule has 19 heteroatoms. The monoisotopic (exact) mass is 827 g/mol. The van der Waals surface area contributed by atoms with Gasteiger partial charge in [0.15, 0.2) is 0 Å². The van der Waals surface area contributed by atoms with Crippen molar-refractivity contribution in [2.75, 3.05) is 66.1 Å². The average molecular weight is 827 g/mol. The molecule has 0 amide bonds. The van der Waals surface area contributed by atoms with Crippen LogP contribution in [0.5, 0.6) is 0 Å². The van der Waals surface area contributed by atoms with E-state index in [1.165, 1.54) is 0 Å². The summed E-state index contributed by atoms with van der Waals surface area (Å²) < 4.78 is 42.6. The summed E-state index contributed by atoms with van der Waals surface area (Å²) in [5.41, 5.74) is 19.3. The summed E-state index contributed by atoms with van der Waals surface area (Å²) in [5.74, 6) is -0.788. The van der Waals surface area contributed by atoms with Gasteiger partial charge >= 0.3 is 0 Å². The van der Waals surface area contributed by atoms with E-state index < -0.39 is 131 Å². The molecule has 0 aliphatic carbocycles. The van der Waals surface area contributed by atoms with Crippen molar-refractivity contribution in [1.82, 2.24) is 0 Å². The van der Waals surface area contributed by atoms with Crippen molar-refractivity contribution in [3.05, 3.63) is 0 Å². The third-order valence-corrected chi connectivity index (χ3v) is 13.9. The molecule has 4 rings (SSSR count). The van der Waals surface area contributed by atoms with E-state index in [9.17, 15) is 40.9 Å². The van der Waals surface area contributed by atoms with Crippen LogP contribution in [0.15, 0.2) is 0 Å². The molecule has 18 atom stereocenters. The molecular formula is C38H74N4O15. The van der Waals surface area contributed by atoms with Crippen LogP contribution in [0.2, 0.25) is 0 Å². The zero-order valence-corrected chi connectivity index (χ0v) is 34.9. The molecule has 18 unspecified atom stereocenters. The zero-order chi connectivity index (χ0) is 43.1. The molecular weight excluding hydrogens is 752 g/mol. The summed E-state index contributed by atoms with van der Waals surface area (Å²) in [6.07, 6.45) is -8.76. The van der Waals surface area contributed by atoms with Crippen LogP contribution in [0.4, 0.5) is 0 Å². The minimum atomic E-state index is -1.28. The van der Waals surface area contributed by atoms with Crippen LogP contribution in [0.3, 0.4) is 0 Å². The second-order valence-electron chi connectivity index (χ2n) is 19.0. The highest BCUT2D eigenvalue weighted by molar-refractivity contribution is 5.08. The number of rotatable bonds is 16. The number of ether oxygens (including phenoxy) is 7. The third kappa shape index (κ3) is 9.23. The first-order valence-corrected chi connectivity index (χ1v) is 19.9. The van der Waals surface area contributed by atoms with Crippen LogP contribution in [0, 0.1) is 22.2 Å². The first kappa shape index (κ1) is 48.9. The van der Waals surface area contributed by atoms with Crippen molar-refractivity contribution in [3.8, 4) is 0 Å². The van der Waals surface area contributed by atoms with Crippen molar-refractivity contribution in [2.45, 2.75) is 151 Å². The number of hydrogen-bond donors (Lipinski definition) is 12. The van der Waals surface area contributed by atoms with Gasteiger partial charge in [0.25, 0.3) is 0 Å². The van der Waals surface area contributed by atoms with Crippen LogP contribution in [-0.4, -0.2) is 203 Å². The van der Waals surface area contributed by atoms with E-state index in [1.807, 2.05) is 0 Å². The Hall–Kier alpha value is -0.760. The van der Waals surface area contributed by atoms with E-state index in [0.29, 0.717) is 0 Å². The molecule has 4 heterocycles. The molecule has 0 aromatic heterocycles. The lowest BCUT2D eigenvalue weighted by molar-refractivity contribution is -0.265. The Bertz CT molecular complexity index is 1290. The fourth-order valence-electron chi connectivity index (χ4n) is 8.94. The summed E-state index contributed by atoms with van der Waals surface area (Å²) in [6, 6.07) is -3.60. The van der Waals surface area contributed by atoms with Crippen molar-refractivity contribution < 1.29 is 74.0 Å². The van der Waals surface area contributed by atoms with Gasteiger partial charge < -0.3 is 96.9 Å². The minimum Gasteiger partial charge on any atom is -0.394 e. The van der Waals surface area contributed by atoms with E-state index in [0.717, 1.165) is 0 Å². The Morgan fingerprint density at radius 1 is 0.509 bits per heavy atom. The van der Waals surface area contributed by atoms with Gasteiger partial charge in [-0.2, -0.15) is 0 Å².